The highest BCUT2D eigenvalue weighted by atomic mass is 35.7. The smallest absolute Gasteiger partial charge is 0.419 e. The maximum atomic E-state index is 10.0. The van der Waals surface area contributed by atoms with Gasteiger partial charge in [0, 0.05) is 17.7 Å². The summed E-state index contributed by atoms with van der Waals surface area (Å²) in [4.78, 5) is 9.79. The molecule has 1 N–H and O–H groups in total. The van der Waals surface area contributed by atoms with Crippen LogP contribution in [0.3, 0.4) is 0 Å². The Balaban J connectivity index is 3.83. The number of hydrogen-bond donors (Lipinski definition) is 1. The van der Waals surface area contributed by atoms with Crippen LogP contribution in [0.1, 0.15) is 0 Å². The molecule has 0 rings (SSSR count). The van der Waals surface area contributed by atoms with E-state index in [0.29, 0.717) is 4.31 Å². The molecule has 0 saturated heterocycles. The van der Waals surface area contributed by atoms with Gasteiger partial charge >= 0.3 is 6.09 Å². The summed E-state index contributed by atoms with van der Waals surface area (Å²) in [5.74, 6) is 0. The van der Waals surface area contributed by atoms with Gasteiger partial charge in [-0.2, -0.15) is 0 Å². The third-order valence-electron chi connectivity index (χ3n) is 0.485. The van der Waals surface area contributed by atoms with E-state index in [9.17, 15) is 9.00 Å². The molecule has 8 heavy (non-hydrogen) atoms. The van der Waals surface area contributed by atoms with E-state index in [4.69, 9.17) is 15.8 Å². The molecule has 0 heterocycles. The van der Waals surface area contributed by atoms with Crippen molar-refractivity contribution in [1.29, 1.82) is 0 Å². The van der Waals surface area contributed by atoms with Gasteiger partial charge in [-0.15, -0.1) is 0 Å². The summed E-state index contributed by atoms with van der Waals surface area (Å²) in [6.45, 7) is 0. The number of rotatable bonds is 1. The first-order valence-electron chi connectivity index (χ1n) is 1.60. The van der Waals surface area contributed by atoms with Gasteiger partial charge in [-0.1, -0.05) is 0 Å². The third-order valence-corrected chi connectivity index (χ3v) is 1.69. The molecule has 0 fully saturated rings. The monoisotopic (exact) mass is 157 g/mol. The summed E-state index contributed by atoms with van der Waals surface area (Å²) >= 11 is 0. The molecule has 1 unspecified atom stereocenters. The molecule has 0 saturated carbocycles. The lowest BCUT2D eigenvalue weighted by Gasteiger charge is -2.03. The predicted octanol–water partition coefficient (Wildman–Crippen LogP) is 0.414. The van der Waals surface area contributed by atoms with Crippen molar-refractivity contribution in [2.75, 3.05) is 7.05 Å². The van der Waals surface area contributed by atoms with Crippen LogP contribution in [0.4, 0.5) is 4.79 Å². The SMILES string of the molecule is CN(C(=O)O)S(=O)Cl. The Kier molecular flexibility index (Phi) is 2.78. The molecule has 0 spiro atoms. The lowest BCUT2D eigenvalue weighted by Crippen LogP contribution is -2.23. The van der Waals surface area contributed by atoms with Crippen molar-refractivity contribution in [3.63, 3.8) is 0 Å². The van der Waals surface area contributed by atoms with Crippen LogP contribution >= 0.6 is 10.7 Å². The Morgan fingerprint density at radius 1 is 1.88 bits per heavy atom. The molecule has 4 nitrogen and oxygen atoms in total. The van der Waals surface area contributed by atoms with Crippen LogP contribution in [0, 0.1) is 0 Å². The average Bonchev–Trinajstić information content (AvgIpc) is 1.64. The molecular formula is C2H4ClNO3S. The van der Waals surface area contributed by atoms with Gasteiger partial charge in [0.05, 0.1) is 0 Å². The van der Waals surface area contributed by atoms with Gasteiger partial charge in [0.25, 0.3) is 0 Å². The van der Waals surface area contributed by atoms with Gasteiger partial charge in [0.1, 0.15) is 0 Å². The van der Waals surface area contributed by atoms with Gasteiger partial charge in [-0.05, 0) is 0 Å². The Hall–Kier alpha value is -0.290. The number of hydrogen-bond acceptors (Lipinski definition) is 2. The minimum atomic E-state index is -1.93. The Labute approximate surface area is 53.1 Å². The van der Waals surface area contributed by atoms with Crippen LogP contribution in [0.15, 0.2) is 0 Å². The first-order chi connectivity index (χ1) is 3.55. The zero-order valence-corrected chi connectivity index (χ0v) is 5.57. The zero-order chi connectivity index (χ0) is 6.73. The van der Waals surface area contributed by atoms with E-state index in [2.05, 4.69) is 0 Å². The molecule has 1 amide bonds. The molecule has 1 atom stereocenters. The van der Waals surface area contributed by atoms with E-state index in [-0.39, 0.29) is 0 Å². The molecule has 0 radical (unpaired) electrons. The number of amides is 1. The molecule has 6 heteroatoms. The minimum absolute atomic E-state index is 0.488. The van der Waals surface area contributed by atoms with Crippen molar-refractivity contribution in [2.24, 2.45) is 0 Å². The summed E-state index contributed by atoms with van der Waals surface area (Å²) in [6.07, 6.45) is -1.31. The standard InChI is InChI=1S/C2H4ClNO3S/c1-4(2(5)6)8(3)7/h1H3,(H,5,6). The van der Waals surface area contributed by atoms with E-state index in [0.717, 1.165) is 7.05 Å². The van der Waals surface area contributed by atoms with Gasteiger partial charge in [0.15, 0.2) is 0 Å². The normalized spacial score (nSPS) is 12.8. The van der Waals surface area contributed by atoms with Crippen LogP contribution in [-0.2, 0) is 10.2 Å². The fourth-order valence-corrected chi connectivity index (χ4v) is 0.361. The van der Waals surface area contributed by atoms with Gasteiger partial charge in [0.2, 0.25) is 10.2 Å². The highest BCUT2D eigenvalue weighted by Gasteiger charge is 2.09. The van der Waals surface area contributed by atoms with Gasteiger partial charge in [-0.25, -0.2) is 13.3 Å². The third kappa shape index (κ3) is 2.13. The van der Waals surface area contributed by atoms with E-state index >= 15 is 0 Å². The van der Waals surface area contributed by atoms with Gasteiger partial charge in [-0.3, -0.25) is 0 Å². The number of nitrogens with zero attached hydrogens (tertiary/aromatic N) is 1. The van der Waals surface area contributed by atoms with Gasteiger partial charge < -0.3 is 5.11 Å². The van der Waals surface area contributed by atoms with E-state index in [1.165, 1.54) is 0 Å². The highest BCUT2D eigenvalue weighted by molar-refractivity contribution is 8.06. The maximum absolute atomic E-state index is 10.0. The summed E-state index contributed by atoms with van der Waals surface area (Å²) in [6, 6.07) is 0. The molecule has 48 valence electrons. The zero-order valence-electron chi connectivity index (χ0n) is 4.00. The van der Waals surface area contributed by atoms with Crippen molar-refractivity contribution in [3.8, 4) is 0 Å². The lowest BCUT2D eigenvalue weighted by atomic mass is 11.1. The molecule has 0 aromatic carbocycles. The Bertz CT molecular complexity index is 112. The minimum Gasteiger partial charge on any atom is -0.464 e. The van der Waals surface area contributed by atoms with Crippen molar-refractivity contribution in [3.05, 3.63) is 0 Å². The second kappa shape index (κ2) is 2.88. The maximum Gasteiger partial charge on any atom is 0.419 e. The van der Waals surface area contributed by atoms with Crippen LogP contribution in [0.5, 0.6) is 0 Å². The highest BCUT2D eigenvalue weighted by Crippen LogP contribution is 1.94. The van der Waals surface area contributed by atoms with Crippen molar-refractivity contribution >= 4 is 27.0 Å². The fraction of sp³-hybridized carbons (Fsp3) is 0.500. The van der Waals surface area contributed by atoms with E-state index < -0.39 is 16.3 Å². The van der Waals surface area contributed by atoms with Crippen molar-refractivity contribution < 1.29 is 14.1 Å². The largest absolute Gasteiger partial charge is 0.464 e. The Morgan fingerprint density at radius 3 is 2.25 bits per heavy atom. The van der Waals surface area contributed by atoms with E-state index in [1.807, 2.05) is 0 Å². The quantitative estimate of drug-likeness (QED) is 0.561. The topological polar surface area (TPSA) is 57.6 Å². The van der Waals surface area contributed by atoms with Crippen molar-refractivity contribution in [2.45, 2.75) is 0 Å². The first kappa shape index (κ1) is 7.71. The predicted molar refractivity (Wildman–Crippen MR) is 29.8 cm³/mol. The van der Waals surface area contributed by atoms with E-state index in [1.54, 1.807) is 0 Å². The molecule has 0 aromatic rings. The molecule has 0 aliphatic heterocycles. The molecule has 0 aliphatic rings. The molecule has 0 bridgehead atoms. The number of carboxylic acid groups (broad SMARTS) is 1. The second-order valence-electron chi connectivity index (χ2n) is 0.987. The first-order valence-corrected chi connectivity index (χ1v) is 3.54. The summed E-state index contributed by atoms with van der Waals surface area (Å²) in [7, 11) is 4.02. The average molecular weight is 158 g/mol. The van der Waals surface area contributed by atoms with Crippen molar-refractivity contribution in [1.82, 2.24) is 4.31 Å². The number of halogens is 1. The summed E-state index contributed by atoms with van der Waals surface area (Å²) in [5.41, 5.74) is 0. The van der Waals surface area contributed by atoms with Crippen LogP contribution < -0.4 is 0 Å². The second-order valence-corrected chi connectivity index (χ2v) is 2.74. The van der Waals surface area contributed by atoms with Crippen LogP contribution in [0.2, 0.25) is 0 Å². The fourth-order valence-electron chi connectivity index (χ4n) is 0.0614. The van der Waals surface area contributed by atoms with Crippen LogP contribution in [-0.4, -0.2) is 26.8 Å². The Morgan fingerprint density at radius 2 is 2.25 bits per heavy atom. The lowest BCUT2D eigenvalue weighted by molar-refractivity contribution is 0.180. The number of carbonyl (C=O) groups is 1. The summed E-state index contributed by atoms with van der Waals surface area (Å²) in [5, 5.41) is 8.00. The summed E-state index contributed by atoms with van der Waals surface area (Å²) < 4.78 is 10.5. The molecule has 0 aromatic heterocycles. The molecule has 0 aliphatic carbocycles. The molecular weight excluding hydrogens is 154 g/mol. The van der Waals surface area contributed by atoms with Crippen LogP contribution in [0.25, 0.3) is 0 Å².